The van der Waals surface area contributed by atoms with Crippen molar-refractivity contribution in [1.29, 1.82) is 0 Å². The van der Waals surface area contributed by atoms with Crippen LogP contribution in [0.3, 0.4) is 0 Å². The number of methoxy groups -OCH3 is 1. The van der Waals surface area contributed by atoms with Crippen LogP contribution < -0.4 is 0 Å². The summed E-state index contributed by atoms with van der Waals surface area (Å²) in [4.78, 5) is 23.8. The number of ether oxygens (including phenoxy) is 1. The standard InChI is InChI=1S/C22H34N2O4/c1-4-6-17(2)20(25)7-5-14-23-15-13-21(26)24(23)16-12-18-8-10-19(11-9-18)22(27)28-3/h8-11,17,20,25H,4-7,12-16H2,1-3H3. The van der Waals surface area contributed by atoms with E-state index in [1.54, 1.807) is 12.1 Å². The summed E-state index contributed by atoms with van der Waals surface area (Å²) < 4.78 is 4.71. The molecule has 1 aliphatic heterocycles. The van der Waals surface area contributed by atoms with E-state index in [4.69, 9.17) is 4.74 Å². The molecule has 0 aromatic heterocycles. The van der Waals surface area contributed by atoms with Crippen LogP contribution in [0.2, 0.25) is 0 Å². The molecular weight excluding hydrogens is 356 g/mol. The van der Waals surface area contributed by atoms with Crippen molar-refractivity contribution in [2.45, 2.75) is 58.5 Å². The fourth-order valence-electron chi connectivity index (χ4n) is 3.71. The van der Waals surface area contributed by atoms with E-state index in [0.717, 1.165) is 50.8 Å². The van der Waals surface area contributed by atoms with Crippen molar-refractivity contribution in [2.24, 2.45) is 5.92 Å². The van der Waals surface area contributed by atoms with E-state index in [1.807, 2.05) is 17.1 Å². The lowest BCUT2D eigenvalue weighted by Gasteiger charge is -2.28. The fourth-order valence-corrected chi connectivity index (χ4v) is 3.71. The van der Waals surface area contributed by atoms with E-state index in [9.17, 15) is 14.7 Å². The highest BCUT2D eigenvalue weighted by molar-refractivity contribution is 5.89. The molecule has 1 aromatic rings. The van der Waals surface area contributed by atoms with Gasteiger partial charge in [0.1, 0.15) is 0 Å². The molecule has 0 bridgehead atoms. The van der Waals surface area contributed by atoms with Crippen LogP contribution in [0.1, 0.15) is 61.9 Å². The van der Waals surface area contributed by atoms with Gasteiger partial charge in [0, 0.05) is 26.1 Å². The highest BCUT2D eigenvalue weighted by atomic mass is 16.5. The van der Waals surface area contributed by atoms with Crippen molar-refractivity contribution < 1.29 is 19.4 Å². The number of carbonyl (C=O) groups excluding carboxylic acids is 2. The Morgan fingerprint density at radius 2 is 1.93 bits per heavy atom. The second-order valence-electron chi connectivity index (χ2n) is 7.63. The molecule has 1 heterocycles. The molecule has 156 valence electrons. The molecule has 0 radical (unpaired) electrons. The first kappa shape index (κ1) is 22.4. The Labute approximate surface area is 168 Å². The minimum absolute atomic E-state index is 0.158. The molecule has 1 aromatic carbocycles. The minimum atomic E-state index is -0.345. The first-order valence-electron chi connectivity index (χ1n) is 10.4. The molecule has 6 heteroatoms. The smallest absolute Gasteiger partial charge is 0.337 e. The highest BCUT2D eigenvalue weighted by Gasteiger charge is 2.28. The van der Waals surface area contributed by atoms with Crippen LogP contribution in [-0.4, -0.2) is 59.8 Å². The first-order valence-corrected chi connectivity index (χ1v) is 10.4. The zero-order valence-corrected chi connectivity index (χ0v) is 17.4. The number of amides is 1. The third-order valence-corrected chi connectivity index (χ3v) is 5.52. The number of benzene rings is 1. The van der Waals surface area contributed by atoms with Gasteiger partial charge in [-0.25, -0.2) is 9.80 Å². The monoisotopic (exact) mass is 390 g/mol. The van der Waals surface area contributed by atoms with Crippen LogP contribution >= 0.6 is 0 Å². The lowest BCUT2D eigenvalue weighted by molar-refractivity contribution is -0.138. The molecule has 1 aliphatic rings. The lowest BCUT2D eigenvalue weighted by Crippen LogP contribution is -2.41. The van der Waals surface area contributed by atoms with Crippen molar-refractivity contribution in [1.82, 2.24) is 10.0 Å². The Balaban J connectivity index is 1.81. The molecule has 0 aliphatic carbocycles. The molecule has 2 rings (SSSR count). The largest absolute Gasteiger partial charge is 0.465 e. The third-order valence-electron chi connectivity index (χ3n) is 5.52. The van der Waals surface area contributed by atoms with E-state index < -0.39 is 0 Å². The summed E-state index contributed by atoms with van der Waals surface area (Å²) in [5.41, 5.74) is 1.61. The minimum Gasteiger partial charge on any atom is -0.465 e. The van der Waals surface area contributed by atoms with Crippen LogP contribution in [0.5, 0.6) is 0 Å². The average molecular weight is 391 g/mol. The van der Waals surface area contributed by atoms with E-state index in [-0.39, 0.29) is 18.0 Å². The van der Waals surface area contributed by atoms with Crippen molar-refractivity contribution >= 4 is 11.9 Å². The summed E-state index contributed by atoms with van der Waals surface area (Å²) in [6.45, 7) is 6.42. The summed E-state index contributed by atoms with van der Waals surface area (Å²) >= 11 is 0. The van der Waals surface area contributed by atoms with Gasteiger partial charge in [0.05, 0.1) is 18.8 Å². The molecule has 0 spiro atoms. The Morgan fingerprint density at radius 1 is 1.21 bits per heavy atom. The zero-order chi connectivity index (χ0) is 20.5. The van der Waals surface area contributed by atoms with Crippen molar-refractivity contribution in [2.75, 3.05) is 26.7 Å². The van der Waals surface area contributed by atoms with Gasteiger partial charge >= 0.3 is 5.97 Å². The Kier molecular flexibility index (Phi) is 8.93. The average Bonchev–Trinajstić information content (AvgIpc) is 3.05. The van der Waals surface area contributed by atoms with Gasteiger partial charge in [0.2, 0.25) is 5.91 Å². The second-order valence-corrected chi connectivity index (χ2v) is 7.63. The quantitative estimate of drug-likeness (QED) is 0.588. The predicted molar refractivity (Wildman–Crippen MR) is 109 cm³/mol. The van der Waals surface area contributed by atoms with Gasteiger partial charge in [-0.1, -0.05) is 32.4 Å². The number of aliphatic hydroxyl groups is 1. The normalized spacial score (nSPS) is 17.0. The zero-order valence-electron chi connectivity index (χ0n) is 17.4. The maximum absolute atomic E-state index is 12.3. The third kappa shape index (κ3) is 6.31. The van der Waals surface area contributed by atoms with E-state index >= 15 is 0 Å². The molecule has 1 N–H and O–H groups in total. The van der Waals surface area contributed by atoms with Crippen LogP contribution in [0.15, 0.2) is 24.3 Å². The van der Waals surface area contributed by atoms with E-state index in [1.165, 1.54) is 7.11 Å². The van der Waals surface area contributed by atoms with Gasteiger partial charge in [0.15, 0.2) is 0 Å². The lowest BCUT2D eigenvalue weighted by atomic mass is 9.96. The van der Waals surface area contributed by atoms with Crippen LogP contribution in [0.4, 0.5) is 0 Å². The number of nitrogens with zero attached hydrogens (tertiary/aromatic N) is 2. The molecular formula is C22H34N2O4. The molecule has 1 amide bonds. The maximum Gasteiger partial charge on any atom is 0.337 e. The molecule has 1 fully saturated rings. The summed E-state index contributed by atoms with van der Waals surface area (Å²) in [6, 6.07) is 7.32. The first-order chi connectivity index (χ1) is 13.5. The van der Waals surface area contributed by atoms with E-state index in [2.05, 4.69) is 18.9 Å². The summed E-state index contributed by atoms with van der Waals surface area (Å²) in [5.74, 6) is 0.142. The van der Waals surface area contributed by atoms with Gasteiger partial charge in [-0.15, -0.1) is 0 Å². The maximum atomic E-state index is 12.3. The van der Waals surface area contributed by atoms with Gasteiger partial charge in [-0.3, -0.25) is 9.80 Å². The molecule has 6 nitrogen and oxygen atoms in total. The summed E-state index contributed by atoms with van der Waals surface area (Å²) in [7, 11) is 1.37. The van der Waals surface area contributed by atoms with Crippen LogP contribution in [-0.2, 0) is 16.0 Å². The number of esters is 1. The molecule has 2 unspecified atom stereocenters. The van der Waals surface area contributed by atoms with Gasteiger partial charge < -0.3 is 9.84 Å². The fraction of sp³-hybridized carbons (Fsp3) is 0.636. The number of carbonyl (C=O) groups is 2. The number of aliphatic hydroxyl groups excluding tert-OH is 1. The predicted octanol–water partition coefficient (Wildman–Crippen LogP) is 3.04. The van der Waals surface area contributed by atoms with Crippen molar-refractivity contribution in [3.63, 3.8) is 0 Å². The number of hydrogen-bond acceptors (Lipinski definition) is 5. The van der Waals surface area contributed by atoms with Crippen molar-refractivity contribution in [3.05, 3.63) is 35.4 Å². The number of rotatable bonds is 11. The van der Waals surface area contributed by atoms with Crippen molar-refractivity contribution in [3.8, 4) is 0 Å². The molecule has 0 saturated carbocycles. The highest BCUT2D eigenvalue weighted by Crippen LogP contribution is 2.18. The summed E-state index contributed by atoms with van der Waals surface area (Å²) in [6.07, 6.45) is 4.81. The molecule has 28 heavy (non-hydrogen) atoms. The SMILES string of the molecule is CCCC(C)C(O)CCCN1CCC(=O)N1CCc1ccc(C(=O)OC)cc1. The van der Waals surface area contributed by atoms with Gasteiger partial charge in [0.25, 0.3) is 0 Å². The van der Waals surface area contributed by atoms with Crippen LogP contribution in [0.25, 0.3) is 0 Å². The van der Waals surface area contributed by atoms with Gasteiger partial charge in [-0.05, 0) is 49.3 Å². The van der Waals surface area contributed by atoms with Crippen LogP contribution in [0, 0.1) is 5.92 Å². The molecule has 1 saturated heterocycles. The number of hydrazine groups is 1. The van der Waals surface area contributed by atoms with Gasteiger partial charge in [-0.2, -0.15) is 0 Å². The Morgan fingerprint density at radius 3 is 2.57 bits per heavy atom. The Hall–Kier alpha value is -1.92. The van der Waals surface area contributed by atoms with E-state index in [0.29, 0.717) is 24.4 Å². The molecule has 2 atom stereocenters. The second kappa shape index (κ2) is 11.2. The topological polar surface area (TPSA) is 70.1 Å². The summed E-state index contributed by atoms with van der Waals surface area (Å²) in [5, 5.41) is 14.2. The number of hydrogen-bond donors (Lipinski definition) is 1. The Bertz CT molecular complexity index is 632.